The van der Waals surface area contributed by atoms with Crippen LogP contribution in [0.3, 0.4) is 0 Å². The van der Waals surface area contributed by atoms with Crippen LogP contribution in [0.2, 0.25) is 0 Å². The van der Waals surface area contributed by atoms with Crippen molar-refractivity contribution in [3.63, 3.8) is 0 Å². The topological polar surface area (TPSA) is 118 Å². The van der Waals surface area contributed by atoms with Gasteiger partial charge >= 0.3 is 5.69 Å². The highest BCUT2D eigenvalue weighted by molar-refractivity contribution is 5.64. The molecule has 0 aliphatic heterocycles. The summed E-state index contributed by atoms with van der Waals surface area (Å²) in [6.07, 6.45) is 6.39. The minimum absolute atomic E-state index is 0.00898. The molecule has 20 heavy (non-hydrogen) atoms. The van der Waals surface area contributed by atoms with Crippen molar-refractivity contribution in [1.82, 2.24) is 4.98 Å². The standard InChI is InChI=1S/C13H17N5O2/c14-8-9-6-7-16-13(12(9)18(19)20)17-11-5-3-1-2-4-10(11)15/h6-7,10-11H,1-5,15H2,(H,16,17). The Kier molecular flexibility index (Phi) is 4.48. The first-order chi connectivity index (χ1) is 9.63. The second-order valence-electron chi connectivity index (χ2n) is 4.98. The predicted molar refractivity (Wildman–Crippen MR) is 74.1 cm³/mol. The Morgan fingerprint density at radius 3 is 2.90 bits per heavy atom. The molecule has 0 spiro atoms. The molecular formula is C13H17N5O2. The van der Waals surface area contributed by atoms with E-state index in [1.807, 2.05) is 6.07 Å². The molecule has 1 aliphatic carbocycles. The average Bonchev–Trinajstić information content (AvgIpc) is 2.63. The normalized spacial score (nSPS) is 22.6. The number of hydrogen-bond acceptors (Lipinski definition) is 6. The van der Waals surface area contributed by atoms with Gasteiger partial charge in [0.1, 0.15) is 11.6 Å². The highest BCUT2D eigenvalue weighted by Crippen LogP contribution is 2.28. The second kappa shape index (κ2) is 6.30. The third-order valence-corrected chi connectivity index (χ3v) is 3.62. The van der Waals surface area contributed by atoms with Crippen LogP contribution in [0.15, 0.2) is 12.3 Å². The maximum absolute atomic E-state index is 11.1. The largest absolute Gasteiger partial charge is 0.360 e. The fourth-order valence-corrected chi connectivity index (χ4v) is 2.53. The van der Waals surface area contributed by atoms with Crippen LogP contribution in [-0.4, -0.2) is 22.0 Å². The number of pyridine rings is 1. The Hall–Kier alpha value is -2.20. The van der Waals surface area contributed by atoms with Crippen LogP contribution in [0.1, 0.15) is 37.7 Å². The van der Waals surface area contributed by atoms with E-state index in [1.54, 1.807) is 0 Å². The summed E-state index contributed by atoms with van der Waals surface area (Å²) in [5.74, 6) is 0.136. The predicted octanol–water partition coefficient (Wildman–Crippen LogP) is 1.93. The Labute approximate surface area is 117 Å². The molecule has 2 unspecified atom stereocenters. The monoisotopic (exact) mass is 275 g/mol. The van der Waals surface area contributed by atoms with E-state index < -0.39 is 4.92 Å². The number of nitrogens with two attached hydrogens (primary N) is 1. The lowest BCUT2D eigenvalue weighted by Crippen LogP contribution is -2.39. The van der Waals surface area contributed by atoms with Gasteiger partial charge in [-0.2, -0.15) is 5.26 Å². The van der Waals surface area contributed by atoms with E-state index in [0.717, 1.165) is 32.1 Å². The van der Waals surface area contributed by atoms with Crippen LogP contribution in [-0.2, 0) is 0 Å². The van der Waals surface area contributed by atoms with Crippen molar-refractivity contribution in [1.29, 1.82) is 5.26 Å². The smallest absolute Gasteiger partial charge is 0.328 e. The van der Waals surface area contributed by atoms with Crippen LogP contribution >= 0.6 is 0 Å². The Morgan fingerprint density at radius 1 is 1.45 bits per heavy atom. The number of anilines is 1. The molecule has 1 aromatic heterocycles. The summed E-state index contributed by atoms with van der Waals surface area (Å²) in [4.78, 5) is 14.6. The van der Waals surface area contributed by atoms with E-state index in [0.29, 0.717) is 0 Å². The molecule has 0 saturated heterocycles. The summed E-state index contributed by atoms with van der Waals surface area (Å²) < 4.78 is 0. The fraction of sp³-hybridized carbons (Fsp3) is 0.538. The molecule has 106 valence electrons. The number of nitrogens with one attached hydrogen (secondary N) is 1. The Morgan fingerprint density at radius 2 is 2.20 bits per heavy atom. The molecule has 1 aromatic rings. The lowest BCUT2D eigenvalue weighted by atomic mass is 10.0. The van der Waals surface area contributed by atoms with Gasteiger partial charge in [0.15, 0.2) is 0 Å². The van der Waals surface area contributed by atoms with Crippen LogP contribution in [0.4, 0.5) is 11.5 Å². The summed E-state index contributed by atoms with van der Waals surface area (Å²) >= 11 is 0. The average molecular weight is 275 g/mol. The molecule has 1 saturated carbocycles. The summed E-state index contributed by atoms with van der Waals surface area (Å²) in [6, 6.07) is 3.07. The number of hydrogen-bond donors (Lipinski definition) is 2. The van der Waals surface area contributed by atoms with Gasteiger partial charge < -0.3 is 11.1 Å². The molecule has 7 nitrogen and oxygen atoms in total. The van der Waals surface area contributed by atoms with E-state index in [4.69, 9.17) is 11.0 Å². The fourth-order valence-electron chi connectivity index (χ4n) is 2.53. The molecule has 1 fully saturated rings. The highest BCUT2D eigenvalue weighted by Gasteiger charge is 2.26. The number of rotatable bonds is 3. The maximum Gasteiger partial charge on any atom is 0.328 e. The van der Waals surface area contributed by atoms with Gasteiger partial charge in [-0.25, -0.2) is 4.98 Å². The first-order valence-electron chi connectivity index (χ1n) is 6.69. The maximum atomic E-state index is 11.1. The van der Waals surface area contributed by atoms with Crippen LogP contribution in [0, 0.1) is 21.4 Å². The van der Waals surface area contributed by atoms with Gasteiger partial charge in [0.05, 0.1) is 4.92 Å². The number of nitriles is 1. The minimum atomic E-state index is -0.573. The summed E-state index contributed by atoms with van der Waals surface area (Å²) in [6.45, 7) is 0. The number of nitro groups is 1. The lowest BCUT2D eigenvalue weighted by molar-refractivity contribution is -0.384. The molecule has 0 radical (unpaired) electrons. The molecule has 0 bridgehead atoms. The molecule has 1 heterocycles. The lowest BCUT2D eigenvalue weighted by Gasteiger charge is -2.23. The first kappa shape index (κ1) is 14.2. The third kappa shape index (κ3) is 3.03. The molecule has 1 aliphatic rings. The van der Waals surface area contributed by atoms with Gasteiger partial charge in [-0.3, -0.25) is 10.1 Å². The van der Waals surface area contributed by atoms with Crippen molar-refractivity contribution in [2.45, 2.75) is 44.2 Å². The van der Waals surface area contributed by atoms with Crippen LogP contribution in [0.25, 0.3) is 0 Å². The number of aromatic nitrogens is 1. The van der Waals surface area contributed by atoms with E-state index in [-0.39, 0.29) is 29.2 Å². The van der Waals surface area contributed by atoms with Gasteiger partial charge in [0.25, 0.3) is 0 Å². The van der Waals surface area contributed by atoms with E-state index in [9.17, 15) is 10.1 Å². The van der Waals surface area contributed by atoms with Crippen molar-refractivity contribution >= 4 is 11.5 Å². The summed E-state index contributed by atoms with van der Waals surface area (Å²) in [5, 5.41) is 23.2. The Bertz CT molecular complexity index is 540. The van der Waals surface area contributed by atoms with Crippen molar-refractivity contribution in [3.05, 3.63) is 27.9 Å². The zero-order valence-electron chi connectivity index (χ0n) is 11.1. The molecule has 0 aromatic carbocycles. The zero-order valence-corrected chi connectivity index (χ0v) is 11.1. The van der Waals surface area contributed by atoms with Crippen molar-refractivity contribution in [2.75, 3.05) is 5.32 Å². The second-order valence-corrected chi connectivity index (χ2v) is 4.98. The zero-order chi connectivity index (χ0) is 14.5. The number of nitrogens with zero attached hydrogens (tertiary/aromatic N) is 3. The van der Waals surface area contributed by atoms with Gasteiger partial charge in [0, 0.05) is 18.3 Å². The van der Waals surface area contributed by atoms with Crippen LogP contribution in [0.5, 0.6) is 0 Å². The van der Waals surface area contributed by atoms with Gasteiger partial charge in [-0.15, -0.1) is 0 Å². The van der Waals surface area contributed by atoms with E-state index in [1.165, 1.54) is 12.3 Å². The van der Waals surface area contributed by atoms with Crippen molar-refractivity contribution < 1.29 is 4.92 Å². The molecule has 3 N–H and O–H groups in total. The quantitative estimate of drug-likeness (QED) is 0.494. The van der Waals surface area contributed by atoms with Gasteiger partial charge in [-0.1, -0.05) is 19.3 Å². The molecule has 2 atom stereocenters. The summed E-state index contributed by atoms with van der Waals surface area (Å²) in [7, 11) is 0. The summed E-state index contributed by atoms with van der Waals surface area (Å²) in [5.41, 5.74) is 5.84. The van der Waals surface area contributed by atoms with Gasteiger partial charge in [0.2, 0.25) is 5.82 Å². The van der Waals surface area contributed by atoms with Crippen molar-refractivity contribution in [3.8, 4) is 6.07 Å². The Balaban J connectivity index is 2.28. The van der Waals surface area contributed by atoms with E-state index >= 15 is 0 Å². The van der Waals surface area contributed by atoms with Crippen molar-refractivity contribution in [2.24, 2.45) is 5.73 Å². The van der Waals surface area contributed by atoms with Gasteiger partial charge in [-0.05, 0) is 18.9 Å². The molecule has 2 rings (SSSR count). The van der Waals surface area contributed by atoms with Crippen LogP contribution < -0.4 is 11.1 Å². The third-order valence-electron chi connectivity index (χ3n) is 3.62. The minimum Gasteiger partial charge on any atom is -0.360 e. The highest BCUT2D eigenvalue weighted by atomic mass is 16.6. The SMILES string of the molecule is N#Cc1ccnc(NC2CCCCCC2N)c1[N+](=O)[O-]. The first-order valence-corrected chi connectivity index (χ1v) is 6.69. The molecule has 7 heteroatoms. The molecule has 0 amide bonds. The van der Waals surface area contributed by atoms with E-state index in [2.05, 4.69) is 10.3 Å². The molecular weight excluding hydrogens is 258 g/mol.